The first-order valence-electron chi connectivity index (χ1n) is 5.72. The van der Waals surface area contributed by atoms with Crippen molar-refractivity contribution in [2.75, 3.05) is 18.4 Å². The van der Waals surface area contributed by atoms with Crippen LogP contribution in [0, 0.1) is 5.41 Å². The van der Waals surface area contributed by atoms with E-state index in [1.165, 1.54) is 6.07 Å². The molecule has 18 heavy (non-hydrogen) atoms. The summed E-state index contributed by atoms with van der Waals surface area (Å²) in [6.45, 7) is 5.27. The molecule has 0 aliphatic heterocycles. The predicted molar refractivity (Wildman–Crippen MR) is 65.2 cm³/mol. The molecule has 0 aliphatic rings. The lowest BCUT2D eigenvalue weighted by Crippen LogP contribution is -2.26. The second-order valence-electron chi connectivity index (χ2n) is 4.99. The van der Waals surface area contributed by atoms with Crippen LogP contribution in [0.1, 0.15) is 25.8 Å². The van der Waals surface area contributed by atoms with Crippen LogP contribution in [0.15, 0.2) is 18.3 Å². The highest BCUT2D eigenvalue weighted by Crippen LogP contribution is 2.29. The molecule has 0 spiro atoms. The Morgan fingerprint density at radius 2 is 1.94 bits per heavy atom. The van der Waals surface area contributed by atoms with Crippen LogP contribution in [0.5, 0.6) is 0 Å². The molecule has 1 rings (SSSR count). The topological polar surface area (TPSA) is 50.9 Å². The number of aromatic nitrogens is 1. The summed E-state index contributed by atoms with van der Waals surface area (Å²) in [5.74, 6) is 0.438. The van der Waals surface area contributed by atoms with Crippen molar-refractivity contribution in [1.82, 2.24) is 4.98 Å². The number of halogens is 3. The number of hydrogen-bond donors (Lipinski definition) is 2. The van der Waals surface area contributed by atoms with Crippen molar-refractivity contribution in [2.45, 2.75) is 26.4 Å². The number of nitrogens with two attached hydrogens (primary N) is 1. The van der Waals surface area contributed by atoms with Gasteiger partial charge in [0.1, 0.15) is 5.82 Å². The molecule has 0 saturated carbocycles. The van der Waals surface area contributed by atoms with Gasteiger partial charge in [0.2, 0.25) is 0 Å². The normalized spacial score (nSPS) is 12.6. The minimum absolute atomic E-state index is 0.0148. The molecule has 1 aromatic heterocycles. The fourth-order valence-electron chi connectivity index (χ4n) is 1.48. The van der Waals surface area contributed by atoms with Gasteiger partial charge in [-0.05, 0) is 30.5 Å². The number of pyridine rings is 1. The highest BCUT2D eigenvalue weighted by molar-refractivity contribution is 5.36. The van der Waals surface area contributed by atoms with Gasteiger partial charge in [-0.25, -0.2) is 4.98 Å². The minimum Gasteiger partial charge on any atom is -0.370 e. The van der Waals surface area contributed by atoms with Gasteiger partial charge < -0.3 is 11.1 Å². The molecule has 0 unspecified atom stereocenters. The van der Waals surface area contributed by atoms with Crippen LogP contribution in [0.3, 0.4) is 0 Å². The van der Waals surface area contributed by atoms with Gasteiger partial charge in [-0.1, -0.05) is 13.8 Å². The van der Waals surface area contributed by atoms with E-state index in [0.717, 1.165) is 18.7 Å². The molecule has 0 aliphatic carbocycles. The highest BCUT2D eigenvalue weighted by atomic mass is 19.4. The summed E-state index contributed by atoms with van der Waals surface area (Å²) in [4.78, 5) is 3.75. The Morgan fingerprint density at radius 3 is 2.39 bits per heavy atom. The monoisotopic (exact) mass is 261 g/mol. The van der Waals surface area contributed by atoms with E-state index in [1.54, 1.807) is 0 Å². The second-order valence-corrected chi connectivity index (χ2v) is 4.99. The zero-order valence-electron chi connectivity index (χ0n) is 10.5. The van der Waals surface area contributed by atoms with E-state index in [0.29, 0.717) is 18.9 Å². The maximum Gasteiger partial charge on any atom is 0.417 e. The maximum absolute atomic E-state index is 12.3. The number of alkyl halides is 3. The summed E-state index contributed by atoms with van der Waals surface area (Å²) in [6, 6.07) is 2.35. The van der Waals surface area contributed by atoms with Crippen molar-refractivity contribution < 1.29 is 13.2 Å². The Balaban J connectivity index is 2.60. The molecule has 0 atom stereocenters. The van der Waals surface area contributed by atoms with Crippen molar-refractivity contribution >= 4 is 5.82 Å². The van der Waals surface area contributed by atoms with Crippen LogP contribution in [0.4, 0.5) is 19.0 Å². The summed E-state index contributed by atoms with van der Waals surface area (Å²) in [5, 5.41) is 3.01. The first-order valence-corrected chi connectivity index (χ1v) is 5.72. The van der Waals surface area contributed by atoms with E-state index >= 15 is 0 Å². The number of rotatable bonds is 5. The number of anilines is 1. The van der Waals surface area contributed by atoms with E-state index < -0.39 is 11.7 Å². The van der Waals surface area contributed by atoms with Crippen LogP contribution in [-0.2, 0) is 6.18 Å². The fourth-order valence-corrected chi connectivity index (χ4v) is 1.48. The third kappa shape index (κ3) is 4.52. The van der Waals surface area contributed by atoms with E-state index in [4.69, 9.17) is 5.73 Å². The van der Waals surface area contributed by atoms with Crippen LogP contribution >= 0.6 is 0 Å². The summed E-state index contributed by atoms with van der Waals surface area (Å²) in [7, 11) is 0. The maximum atomic E-state index is 12.3. The lowest BCUT2D eigenvalue weighted by atomic mass is 9.89. The SMILES string of the molecule is CC(C)(CCN)CNc1ccc(C(F)(F)F)cn1. The van der Waals surface area contributed by atoms with Crippen molar-refractivity contribution in [3.05, 3.63) is 23.9 Å². The van der Waals surface area contributed by atoms with Gasteiger partial charge in [0, 0.05) is 12.7 Å². The molecule has 6 heteroatoms. The molecule has 0 amide bonds. The third-order valence-corrected chi connectivity index (χ3v) is 2.66. The number of nitrogens with one attached hydrogen (secondary N) is 1. The molecular formula is C12H18F3N3. The predicted octanol–water partition coefficient (Wildman–Crippen LogP) is 2.89. The number of nitrogens with zero attached hydrogens (tertiary/aromatic N) is 1. The Kier molecular flexibility index (Phi) is 4.56. The van der Waals surface area contributed by atoms with E-state index in [-0.39, 0.29) is 5.41 Å². The average Bonchev–Trinajstić information content (AvgIpc) is 2.26. The first kappa shape index (κ1) is 14.8. The molecular weight excluding hydrogens is 243 g/mol. The van der Waals surface area contributed by atoms with E-state index in [9.17, 15) is 13.2 Å². The van der Waals surface area contributed by atoms with Gasteiger partial charge in [0.15, 0.2) is 0 Å². The molecule has 102 valence electrons. The van der Waals surface area contributed by atoms with Crippen molar-refractivity contribution in [1.29, 1.82) is 0 Å². The third-order valence-electron chi connectivity index (χ3n) is 2.66. The van der Waals surface area contributed by atoms with Crippen molar-refractivity contribution in [2.24, 2.45) is 11.1 Å². The zero-order chi connectivity index (χ0) is 13.8. The van der Waals surface area contributed by atoms with Crippen molar-refractivity contribution in [3.8, 4) is 0 Å². The first-order chi connectivity index (χ1) is 8.24. The standard InChI is InChI=1S/C12H18F3N3/c1-11(2,5-6-16)8-18-10-4-3-9(7-17-10)12(13,14)15/h3-4,7H,5-6,8,16H2,1-2H3,(H,17,18). The largest absolute Gasteiger partial charge is 0.417 e. The lowest BCUT2D eigenvalue weighted by molar-refractivity contribution is -0.137. The fraction of sp³-hybridized carbons (Fsp3) is 0.583. The minimum atomic E-state index is -4.34. The molecule has 0 radical (unpaired) electrons. The Hall–Kier alpha value is -1.30. The highest BCUT2D eigenvalue weighted by Gasteiger charge is 2.30. The summed E-state index contributed by atoms with van der Waals surface area (Å²) in [5.41, 5.74) is 4.73. The Bertz CT molecular complexity index is 371. The Labute approximate surface area is 105 Å². The van der Waals surface area contributed by atoms with Crippen LogP contribution < -0.4 is 11.1 Å². The zero-order valence-corrected chi connectivity index (χ0v) is 10.5. The molecule has 3 N–H and O–H groups in total. The molecule has 0 aromatic carbocycles. The van der Waals surface area contributed by atoms with Gasteiger partial charge in [0.25, 0.3) is 0 Å². The van der Waals surface area contributed by atoms with Gasteiger partial charge in [-0.15, -0.1) is 0 Å². The van der Waals surface area contributed by atoms with Crippen molar-refractivity contribution in [3.63, 3.8) is 0 Å². The average molecular weight is 261 g/mol. The van der Waals surface area contributed by atoms with Gasteiger partial charge in [0.05, 0.1) is 5.56 Å². The summed E-state index contributed by atoms with van der Waals surface area (Å²) >= 11 is 0. The van der Waals surface area contributed by atoms with Gasteiger partial charge >= 0.3 is 6.18 Å². The van der Waals surface area contributed by atoms with Crippen LogP contribution in [-0.4, -0.2) is 18.1 Å². The molecule has 3 nitrogen and oxygen atoms in total. The smallest absolute Gasteiger partial charge is 0.370 e. The van der Waals surface area contributed by atoms with Gasteiger partial charge in [-0.3, -0.25) is 0 Å². The second kappa shape index (κ2) is 5.56. The number of hydrogen-bond acceptors (Lipinski definition) is 3. The molecule has 1 aromatic rings. The molecule has 0 saturated heterocycles. The summed E-state index contributed by atoms with van der Waals surface area (Å²) in [6.07, 6.45) is -2.68. The Morgan fingerprint density at radius 1 is 1.28 bits per heavy atom. The van der Waals surface area contributed by atoms with Gasteiger partial charge in [-0.2, -0.15) is 13.2 Å². The summed E-state index contributed by atoms with van der Waals surface area (Å²) < 4.78 is 37.0. The van der Waals surface area contributed by atoms with Crippen LogP contribution in [0.25, 0.3) is 0 Å². The van der Waals surface area contributed by atoms with E-state index in [2.05, 4.69) is 10.3 Å². The quantitative estimate of drug-likeness (QED) is 0.857. The molecule has 1 heterocycles. The lowest BCUT2D eigenvalue weighted by Gasteiger charge is -2.24. The van der Waals surface area contributed by atoms with E-state index in [1.807, 2.05) is 13.8 Å². The van der Waals surface area contributed by atoms with Crippen LogP contribution in [0.2, 0.25) is 0 Å². The molecule has 0 bridgehead atoms. The molecule has 0 fully saturated rings.